The molecule has 0 saturated heterocycles. The van der Waals surface area contributed by atoms with E-state index in [-0.39, 0.29) is 0 Å². The van der Waals surface area contributed by atoms with Gasteiger partial charge < -0.3 is 5.32 Å². The maximum atomic E-state index is 6.27. The minimum Gasteiger partial charge on any atom is -0.316 e. The summed E-state index contributed by atoms with van der Waals surface area (Å²) in [6.45, 7) is 0.840. The molecule has 0 amide bonds. The van der Waals surface area contributed by atoms with Gasteiger partial charge in [-0.05, 0) is 37.6 Å². The zero-order valence-corrected chi connectivity index (χ0v) is 11.9. The van der Waals surface area contributed by atoms with E-state index in [1.165, 1.54) is 42.6 Å². The van der Waals surface area contributed by atoms with Crippen molar-refractivity contribution in [2.75, 3.05) is 7.05 Å². The molecule has 1 aliphatic rings. The number of hydrogen-bond acceptors (Lipinski definition) is 2. The largest absolute Gasteiger partial charge is 0.316 e. The Morgan fingerprint density at radius 1 is 1.29 bits per heavy atom. The van der Waals surface area contributed by atoms with E-state index >= 15 is 0 Å². The fraction of sp³-hybridized carbons (Fsp3) is 0.571. The van der Waals surface area contributed by atoms with E-state index in [2.05, 4.69) is 23.5 Å². The summed E-state index contributed by atoms with van der Waals surface area (Å²) in [5.41, 5.74) is 1.18. The first kappa shape index (κ1) is 13.3. The van der Waals surface area contributed by atoms with Crippen molar-refractivity contribution in [2.45, 2.75) is 48.8 Å². The van der Waals surface area contributed by atoms with Gasteiger partial charge in [0.1, 0.15) is 0 Å². The summed E-state index contributed by atoms with van der Waals surface area (Å²) in [5.74, 6) is 0. The normalized spacial score (nSPS) is 17.3. The first-order chi connectivity index (χ1) is 8.29. The second-order valence-electron chi connectivity index (χ2n) is 4.66. The highest BCUT2D eigenvalue weighted by Gasteiger charge is 2.14. The predicted octanol–water partition coefficient (Wildman–Crippen LogP) is 4.48. The number of halogens is 1. The first-order valence-electron chi connectivity index (χ1n) is 6.39. The third-order valence-corrected chi connectivity index (χ3v) is 4.93. The average Bonchev–Trinajstić information content (AvgIpc) is 2.34. The zero-order valence-electron chi connectivity index (χ0n) is 10.3. The van der Waals surface area contributed by atoms with Crippen molar-refractivity contribution in [1.82, 2.24) is 5.32 Å². The highest BCUT2D eigenvalue weighted by atomic mass is 35.5. The molecule has 0 aromatic heterocycles. The molecular weight excluding hydrogens is 250 g/mol. The van der Waals surface area contributed by atoms with Crippen molar-refractivity contribution in [3.05, 3.63) is 28.8 Å². The lowest BCUT2D eigenvalue weighted by Crippen LogP contribution is -2.08. The van der Waals surface area contributed by atoms with Gasteiger partial charge in [0.2, 0.25) is 0 Å². The summed E-state index contributed by atoms with van der Waals surface area (Å²) in [5, 5.41) is 4.82. The molecule has 17 heavy (non-hydrogen) atoms. The molecule has 0 aliphatic heterocycles. The van der Waals surface area contributed by atoms with Gasteiger partial charge in [-0.15, -0.1) is 11.8 Å². The number of hydrogen-bond donors (Lipinski definition) is 1. The van der Waals surface area contributed by atoms with Gasteiger partial charge in [-0.25, -0.2) is 0 Å². The SMILES string of the molecule is CNCc1ccc(SC2CCCCC2)cc1Cl. The smallest absolute Gasteiger partial charge is 0.0462 e. The van der Waals surface area contributed by atoms with Crippen LogP contribution in [-0.4, -0.2) is 12.3 Å². The van der Waals surface area contributed by atoms with Gasteiger partial charge in [-0.1, -0.05) is 36.9 Å². The molecule has 0 bridgehead atoms. The molecule has 3 heteroatoms. The minimum absolute atomic E-state index is 0.801. The Balaban J connectivity index is 1.98. The van der Waals surface area contributed by atoms with Crippen molar-refractivity contribution in [3.8, 4) is 0 Å². The van der Waals surface area contributed by atoms with E-state index in [9.17, 15) is 0 Å². The Labute approximate surface area is 113 Å². The molecule has 1 aromatic carbocycles. The van der Waals surface area contributed by atoms with Crippen molar-refractivity contribution >= 4 is 23.4 Å². The lowest BCUT2D eigenvalue weighted by Gasteiger charge is -2.21. The van der Waals surface area contributed by atoms with Crippen LogP contribution in [0.4, 0.5) is 0 Å². The summed E-state index contributed by atoms with van der Waals surface area (Å²) in [7, 11) is 1.95. The van der Waals surface area contributed by atoms with Crippen LogP contribution in [0.15, 0.2) is 23.1 Å². The minimum atomic E-state index is 0.801. The zero-order chi connectivity index (χ0) is 12.1. The van der Waals surface area contributed by atoms with Crippen molar-refractivity contribution in [2.24, 2.45) is 0 Å². The van der Waals surface area contributed by atoms with Crippen LogP contribution in [0.1, 0.15) is 37.7 Å². The van der Waals surface area contributed by atoms with Gasteiger partial charge in [-0.2, -0.15) is 0 Å². The molecule has 0 atom stereocenters. The molecule has 1 fully saturated rings. The summed E-state index contributed by atoms with van der Waals surface area (Å²) in [4.78, 5) is 1.32. The maximum absolute atomic E-state index is 6.27. The van der Waals surface area contributed by atoms with Crippen LogP contribution < -0.4 is 5.32 Å². The molecule has 1 saturated carbocycles. The molecule has 0 radical (unpaired) electrons. The van der Waals surface area contributed by atoms with Crippen LogP contribution in [0.5, 0.6) is 0 Å². The molecule has 0 heterocycles. The van der Waals surface area contributed by atoms with E-state index in [0.717, 1.165) is 16.8 Å². The second-order valence-corrected chi connectivity index (χ2v) is 6.44. The predicted molar refractivity (Wildman–Crippen MR) is 76.9 cm³/mol. The number of thioether (sulfide) groups is 1. The Kier molecular flexibility index (Phi) is 5.20. The number of benzene rings is 1. The van der Waals surface area contributed by atoms with Gasteiger partial charge in [-0.3, -0.25) is 0 Å². The van der Waals surface area contributed by atoms with Crippen LogP contribution in [-0.2, 0) is 6.54 Å². The van der Waals surface area contributed by atoms with Gasteiger partial charge in [0.15, 0.2) is 0 Å². The van der Waals surface area contributed by atoms with Gasteiger partial charge in [0.25, 0.3) is 0 Å². The monoisotopic (exact) mass is 269 g/mol. The fourth-order valence-corrected chi connectivity index (χ4v) is 3.91. The lowest BCUT2D eigenvalue weighted by molar-refractivity contribution is 0.516. The summed E-state index contributed by atoms with van der Waals surface area (Å²) in [6.07, 6.45) is 6.92. The van der Waals surface area contributed by atoms with Crippen molar-refractivity contribution < 1.29 is 0 Å². The van der Waals surface area contributed by atoms with E-state index < -0.39 is 0 Å². The molecule has 1 aliphatic carbocycles. The Morgan fingerprint density at radius 2 is 2.06 bits per heavy atom. The van der Waals surface area contributed by atoms with Gasteiger partial charge in [0, 0.05) is 21.7 Å². The van der Waals surface area contributed by atoms with Crippen LogP contribution in [0.2, 0.25) is 5.02 Å². The molecule has 1 nitrogen and oxygen atoms in total. The quantitative estimate of drug-likeness (QED) is 0.865. The van der Waals surface area contributed by atoms with E-state index in [1.54, 1.807) is 0 Å². The number of rotatable bonds is 4. The first-order valence-corrected chi connectivity index (χ1v) is 7.65. The van der Waals surface area contributed by atoms with Crippen LogP contribution >= 0.6 is 23.4 Å². The molecule has 94 valence electrons. The molecule has 2 rings (SSSR count). The van der Waals surface area contributed by atoms with E-state index in [0.29, 0.717) is 0 Å². The van der Waals surface area contributed by atoms with Crippen molar-refractivity contribution in [3.63, 3.8) is 0 Å². The Bertz CT molecular complexity index is 361. The summed E-state index contributed by atoms with van der Waals surface area (Å²) < 4.78 is 0. The molecule has 1 N–H and O–H groups in total. The Morgan fingerprint density at radius 3 is 2.71 bits per heavy atom. The highest BCUT2D eigenvalue weighted by Crippen LogP contribution is 2.35. The van der Waals surface area contributed by atoms with E-state index in [1.807, 2.05) is 18.8 Å². The lowest BCUT2D eigenvalue weighted by atomic mass is 10.0. The Hall–Kier alpha value is -0.180. The second kappa shape index (κ2) is 6.67. The van der Waals surface area contributed by atoms with Gasteiger partial charge >= 0.3 is 0 Å². The van der Waals surface area contributed by atoms with Crippen LogP contribution in [0, 0.1) is 0 Å². The highest BCUT2D eigenvalue weighted by molar-refractivity contribution is 8.00. The standard InChI is InChI=1S/C14H20ClNS/c1-16-10-11-7-8-13(9-14(11)15)17-12-5-3-2-4-6-12/h7-9,12,16H,2-6,10H2,1H3. The summed E-state index contributed by atoms with van der Waals surface area (Å²) in [6, 6.07) is 6.47. The van der Waals surface area contributed by atoms with Crippen LogP contribution in [0.3, 0.4) is 0 Å². The van der Waals surface area contributed by atoms with Gasteiger partial charge in [0.05, 0.1) is 0 Å². The fourth-order valence-electron chi connectivity index (χ4n) is 2.31. The third-order valence-electron chi connectivity index (χ3n) is 3.25. The van der Waals surface area contributed by atoms with Crippen LogP contribution in [0.25, 0.3) is 0 Å². The molecule has 0 spiro atoms. The topological polar surface area (TPSA) is 12.0 Å². The van der Waals surface area contributed by atoms with E-state index in [4.69, 9.17) is 11.6 Å². The molecular formula is C14H20ClNS. The van der Waals surface area contributed by atoms with Crippen molar-refractivity contribution in [1.29, 1.82) is 0 Å². The molecule has 1 aromatic rings. The number of nitrogens with one attached hydrogen (secondary N) is 1. The summed E-state index contributed by atoms with van der Waals surface area (Å²) >= 11 is 8.27. The average molecular weight is 270 g/mol. The third kappa shape index (κ3) is 3.90. The maximum Gasteiger partial charge on any atom is 0.0462 e. The molecule has 0 unspecified atom stereocenters.